The number of carbonyl (C=O) groups is 1. The Bertz CT molecular complexity index is 255. The van der Waals surface area contributed by atoms with Gasteiger partial charge in [-0.3, -0.25) is 4.79 Å². The molecule has 1 aliphatic carbocycles. The number of likely N-dealkylation sites (tertiary alicyclic amines) is 1. The number of unbranched alkanes of at least 4 members (excludes halogenated alkanes) is 1. The van der Waals surface area contributed by atoms with Gasteiger partial charge in [0.1, 0.15) is 0 Å². The average Bonchev–Trinajstić information content (AvgIpc) is 2.38. The molecule has 1 saturated carbocycles. The lowest BCUT2D eigenvalue weighted by Gasteiger charge is -2.41. The van der Waals surface area contributed by atoms with E-state index in [4.69, 9.17) is 5.73 Å². The standard InChI is InChI=1S/C14H26N2O/c15-9-4-3-7-14(17)16-10-8-12-5-1-2-6-13(12)11-16/h12-13H,1-11,15H2. The van der Waals surface area contributed by atoms with Crippen molar-refractivity contribution in [3.8, 4) is 0 Å². The fourth-order valence-electron chi connectivity index (χ4n) is 3.41. The molecular weight excluding hydrogens is 212 g/mol. The van der Waals surface area contributed by atoms with E-state index in [0.29, 0.717) is 18.9 Å². The maximum atomic E-state index is 12.0. The number of piperidine rings is 1. The Morgan fingerprint density at radius 1 is 1.12 bits per heavy atom. The van der Waals surface area contributed by atoms with Gasteiger partial charge in [-0.2, -0.15) is 0 Å². The third kappa shape index (κ3) is 3.44. The number of nitrogens with zero attached hydrogens (tertiary/aromatic N) is 1. The van der Waals surface area contributed by atoms with Crippen molar-refractivity contribution < 1.29 is 4.79 Å². The summed E-state index contributed by atoms with van der Waals surface area (Å²) in [4.78, 5) is 14.1. The number of carbonyl (C=O) groups excluding carboxylic acids is 1. The smallest absolute Gasteiger partial charge is 0.222 e. The highest BCUT2D eigenvalue weighted by atomic mass is 16.2. The minimum atomic E-state index is 0.363. The average molecular weight is 238 g/mol. The Balaban J connectivity index is 1.76. The zero-order valence-electron chi connectivity index (χ0n) is 10.9. The van der Waals surface area contributed by atoms with Crippen molar-refractivity contribution in [2.45, 2.75) is 51.4 Å². The second kappa shape index (κ2) is 6.39. The highest BCUT2D eigenvalue weighted by Gasteiger charge is 2.32. The summed E-state index contributed by atoms with van der Waals surface area (Å²) in [6.07, 6.45) is 9.41. The first kappa shape index (κ1) is 12.9. The number of amides is 1. The minimum absolute atomic E-state index is 0.363. The van der Waals surface area contributed by atoms with Crippen LogP contribution in [-0.2, 0) is 4.79 Å². The topological polar surface area (TPSA) is 46.3 Å². The van der Waals surface area contributed by atoms with E-state index in [9.17, 15) is 4.79 Å². The lowest BCUT2D eigenvalue weighted by molar-refractivity contribution is -0.134. The van der Waals surface area contributed by atoms with Crippen molar-refractivity contribution in [3.63, 3.8) is 0 Å². The molecule has 2 atom stereocenters. The molecule has 2 rings (SSSR count). The highest BCUT2D eigenvalue weighted by molar-refractivity contribution is 5.76. The van der Waals surface area contributed by atoms with Crippen LogP contribution in [0.3, 0.4) is 0 Å². The van der Waals surface area contributed by atoms with E-state index < -0.39 is 0 Å². The van der Waals surface area contributed by atoms with E-state index in [1.165, 1.54) is 32.1 Å². The molecule has 1 amide bonds. The Hall–Kier alpha value is -0.570. The van der Waals surface area contributed by atoms with Crippen LogP contribution in [0.25, 0.3) is 0 Å². The van der Waals surface area contributed by atoms with Gasteiger partial charge in [0.25, 0.3) is 0 Å². The highest BCUT2D eigenvalue weighted by Crippen LogP contribution is 2.36. The fraction of sp³-hybridized carbons (Fsp3) is 0.929. The summed E-state index contributed by atoms with van der Waals surface area (Å²) in [6.45, 7) is 2.74. The molecule has 0 aromatic carbocycles. The van der Waals surface area contributed by atoms with Gasteiger partial charge >= 0.3 is 0 Å². The van der Waals surface area contributed by atoms with Crippen LogP contribution in [-0.4, -0.2) is 30.4 Å². The SMILES string of the molecule is NCCCCC(=O)N1CCC2CCCCC2C1. The number of hydrogen-bond donors (Lipinski definition) is 1. The van der Waals surface area contributed by atoms with Crippen LogP contribution in [0.2, 0.25) is 0 Å². The molecular formula is C14H26N2O. The van der Waals surface area contributed by atoms with Crippen LogP contribution in [0.4, 0.5) is 0 Å². The van der Waals surface area contributed by atoms with E-state index in [0.717, 1.165) is 37.8 Å². The van der Waals surface area contributed by atoms with Crippen molar-refractivity contribution in [1.29, 1.82) is 0 Å². The summed E-state index contributed by atoms with van der Waals surface area (Å²) in [7, 11) is 0. The molecule has 0 aromatic rings. The van der Waals surface area contributed by atoms with Crippen LogP contribution in [0.1, 0.15) is 51.4 Å². The Labute approximate surface area is 105 Å². The number of rotatable bonds is 4. The minimum Gasteiger partial charge on any atom is -0.342 e. The van der Waals surface area contributed by atoms with Gasteiger partial charge in [0.2, 0.25) is 5.91 Å². The molecule has 2 aliphatic rings. The van der Waals surface area contributed by atoms with E-state index in [2.05, 4.69) is 4.90 Å². The molecule has 0 radical (unpaired) electrons. The summed E-state index contributed by atoms with van der Waals surface area (Å²) in [6, 6.07) is 0. The van der Waals surface area contributed by atoms with Crippen molar-refractivity contribution in [2.24, 2.45) is 17.6 Å². The number of nitrogens with two attached hydrogens (primary N) is 1. The fourth-order valence-corrected chi connectivity index (χ4v) is 3.41. The quantitative estimate of drug-likeness (QED) is 0.763. The molecule has 3 nitrogen and oxygen atoms in total. The summed E-state index contributed by atoms with van der Waals surface area (Å²) >= 11 is 0. The second-order valence-corrected chi connectivity index (χ2v) is 5.68. The third-order valence-corrected chi connectivity index (χ3v) is 4.49. The molecule has 1 saturated heterocycles. The predicted molar refractivity (Wildman–Crippen MR) is 69.6 cm³/mol. The molecule has 98 valence electrons. The lowest BCUT2D eigenvalue weighted by Crippen LogP contribution is -2.44. The molecule has 3 heteroatoms. The molecule has 17 heavy (non-hydrogen) atoms. The summed E-state index contributed by atoms with van der Waals surface area (Å²) in [5, 5.41) is 0. The third-order valence-electron chi connectivity index (χ3n) is 4.49. The Kier molecular flexibility index (Phi) is 4.84. The van der Waals surface area contributed by atoms with Crippen LogP contribution in [0.5, 0.6) is 0 Å². The largest absolute Gasteiger partial charge is 0.342 e. The van der Waals surface area contributed by atoms with Crippen LogP contribution in [0, 0.1) is 11.8 Å². The maximum Gasteiger partial charge on any atom is 0.222 e. The van der Waals surface area contributed by atoms with Crippen LogP contribution < -0.4 is 5.73 Å². The molecule has 2 fully saturated rings. The van der Waals surface area contributed by atoms with E-state index in [1.54, 1.807) is 0 Å². The van der Waals surface area contributed by atoms with Gasteiger partial charge in [-0.15, -0.1) is 0 Å². The van der Waals surface area contributed by atoms with E-state index in [1.807, 2.05) is 0 Å². The van der Waals surface area contributed by atoms with Crippen molar-refractivity contribution in [3.05, 3.63) is 0 Å². The molecule has 1 aliphatic heterocycles. The molecule has 2 unspecified atom stereocenters. The van der Waals surface area contributed by atoms with Gasteiger partial charge in [-0.25, -0.2) is 0 Å². The van der Waals surface area contributed by atoms with E-state index >= 15 is 0 Å². The summed E-state index contributed by atoms with van der Waals surface area (Å²) in [5.74, 6) is 2.08. The molecule has 1 heterocycles. The number of fused-ring (bicyclic) bond motifs is 1. The first-order valence-corrected chi connectivity index (χ1v) is 7.29. The monoisotopic (exact) mass is 238 g/mol. The lowest BCUT2D eigenvalue weighted by atomic mass is 9.75. The zero-order chi connectivity index (χ0) is 12.1. The number of hydrogen-bond acceptors (Lipinski definition) is 2. The summed E-state index contributed by atoms with van der Waals surface area (Å²) < 4.78 is 0. The van der Waals surface area contributed by atoms with Crippen molar-refractivity contribution in [2.75, 3.05) is 19.6 Å². The van der Waals surface area contributed by atoms with Crippen molar-refractivity contribution in [1.82, 2.24) is 4.90 Å². The molecule has 0 bridgehead atoms. The van der Waals surface area contributed by atoms with Crippen LogP contribution >= 0.6 is 0 Å². The molecule has 0 aromatic heterocycles. The normalized spacial score (nSPS) is 28.9. The van der Waals surface area contributed by atoms with Gasteiger partial charge in [-0.1, -0.05) is 19.3 Å². The summed E-state index contributed by atoms with van der Waals surface area (Å²) in [5.41, 5.74) is 5.46. The first-order chi connectivity index (χ1) is 8.31. The predicted octanol–water partition coefficient (Wildman–Crippen LogP) is 2.15. The second-order valence-electron chi connectivity index (χ2n) is 5.68. The van der Waals surface area contributed by atoms with Gasteiger partial charge < -0.3 is 10.6 Å². The Morgan fingerprint density at radius 2 is 1.88 bits per heavy atom. The zero-order valence-corrected chi connectivity index (χ0v) is 10.9. The first-order valence-electron chi connectivity index (χ1n) is 7.29. The van der Waals surface area contributed by atoms with Crippen molar-refractivity contribution >= 4 is 5.91 Å². The molecule has 2 N–H and O–H groups in total. The van der Waals surface area contributed by atoms with Crippen LogP contribution in [0.15, 0.2) is 0 Å². The van der Waals surface area contributed by atoms with Gasteiger partial charge in [0.15, 0.2) is 0 Å². The Morgan fingerprint density at radius 3 is 2.65 bits per heavy atom. The van der Waals surface area contributed by atoms with Gasteiger partial charge in [0.05, 0.1) is 0 Å². The molecule has 0 spiro atoms. The van der Waals surface area contributed by atoms with Gasteiger partial charge in [-0.05, 0) is 44.1 Å². The van der Waals surface area contributed by atoms with Gasteiger partial charge in [0, 0.05) is 19.5 Å². The maximum absolute atomic E-state index is 12.0. The van der Waals surface area contributed by atoms with E-state index in [-0.39, 0.29) is 0 Å².